The van der Waals surface area contributed by atoms with Crippen molar-refractivity contribution in [1.82, 2.24) is 20.7 Å². The third-order valence-electron chi connectivity index (χ3n) is 6.11. The highest BCUT2D eigenvalue weighted by molar-refractivity contribution is 5.95. The zero-order valence-corrected chi connectivity index (χ0v) is 17.9. The highest BCUT2D eigenvalue weighted by Gasteiger charge is 2.32. The summed E-state index contributed by atoms with van der Waals surface area (Å²) in [5.74, 6) is 1.75. The highest BCUT2D eigenvalue weighted by Crippen LogP contribution is 2.26. The van der Waals surface area contributed by atoms with Crippen molar-refractivity contribution in [3.63, 3.8) is 0 Å². The molecule has 0 aromatic heterocycles. The Kier molecular flexibility index (Phi) is 6.22. The molecule has 2 aliphatic heterocycles. The second kappa shape index (κ2) is 9.04. The summed E-state index contributed by atoms with van der Waals surface area (Å²) in [6, 6.07) is 14.1. The summed E-state index contributed by atoms with van der Waals surface area (Å²) < 4.78 is 10.5. The minimum Gasteiger partial charge on any atom is -0.497 e. The van der Waals surface area contributed by atoms with Crippen LogP contribution in [0.2, 0.25) is 0 Å². The monoisotopic (exact) mass is 410 g/mol. The van der Waals surface area contributed by atoms with E-state index in [1.807, 2.05) is 42.2 Å². The van der Waals surface area contributed by atoms with Crippen LogP contribution in [0.1, 0.15) is 33.9 Å². The normalized spacial score (nSPS) is 22.2. The van der Waals surface area contributed by atoms with Crippen molar-refractivity contribution in [3.05, 3.63) is 59.2 Å². The zero-order chi connectivity index (χ0) is 21.1. The van der Waals surface area contributed by atoms with Gasteiger partial charge >= 0.3 is 0 Å². The molecule has 0 aliphatic carbocycles. The lowest BCUT2D eigenvalue weighted by atomic mass is 10.0. The van der Waals surface area contributed by atoms with Gasteiger partial charge in [0.1, 0.15) is 11.5 Å². The third-order valence-corrected chi connectivity index (χ3v) is 6.11. The van der Waals surface area contributed by atoms with E-state index < -0.39 is 0 Å². The largest absolute Gasteiger partial charge is 0.497 e. The fraction of sp³-hybridized carbons (Fsp3) is 0.435. The van der Waals surface area contributed by atoms with Gasteiger partial charge in [0.25, 0.3) is 5.91 Å². The number of piperazine rings is 1. The highest BCUT2D eigenvalue weighted by atomic mass is 16.5. The average Bonchev–Trinajstić information content (AvgIpc) is 3.29. The van der Waals surface area contributed by atoms with E-state index in [1.165, 1.54) is 5.56 Å². The lowest BCUT2D eigenvalue weighted by Gasteiger charge is -2.38. The molecule has 2 aliphatic rings. The number of ether oxygens (including phenoxy) is 2. The Morgan fingerprint density at radius 3 is 2.23 bits per heavy atom. The number of amides is 1. The molecule has 30 heavy (non-hydrogen) atoms. The van der Waals surface area contributed by atoms with E-state index in [2.05, 4.69) is 27.9 Å². The number of nitrogens with zero attached hydrogens (tertiary/aromatic N) is 2. The van der Waals surface area contributed by atoms with Crippen molar-refractivity contribution in [2.75, 3.05) is 40.4 Å². The molecule has 160 valence electrons. The van der Waals surface area contributed by atoms with E-state index in [4.69, 9.17) is 9.47 Å². The summed E-state index contributed by atoms with van der Waals surface area (Å²) in [6.07, 6.45) is 1.25. The number of aryl methyl sites for hydroxylation is 1. The first-order chi connectivity index (χ1) is 14.6. The molecule has 2 N–H and O–H groups in total. The molecule has 7 nitrogen and oxygen atoms in total. The number of rotatable bonds is 5. The first kappa shape index (κ1) is 20.7. The molecule has 2 atom stereocenters. The standard InChI is InChI=1S/C23H30N4O3/c1-16-14-19(30-3)8-9-20(16)23(28)27-12-10-26(11-13-27)22-15-21(24-25-22)17-4-6-18(29-2)7-5-17/h4-9,14,21-22,24-25H,10-13,15H2,1-3H3. The van der Waals surface area contributed by atoms with E-state index in [0.717, 1.165) is 55.2 Å². The minimum atomic E-state index is 0.100. The second-order valence-corrected chi connectivity index (χ2v) is 7.87. The molecule has 0 bridgehead atoms. The number of hydrogen-bond donors (Lipinski definition) is 2. The van der Waals surface area contributed by atoms with E-state index >= 15 is 0 Å². The summed E-state index contributed by atoms with van der Waals surface area (Å²) in [6.45, 7) is 5.13. The van der Waals surface area contributed by atoms with Crippen molar-refractivity contribution >= 4 is 5.91 Å². The van der Waals surface area contributed by atoms with Crippen LogP contribution in [-0.2, 0) is 0 Å². The fourth-order valence-corrected chi connectivity index (χ4v) is 4.24. The Morgan fingerprint density at radius 2 is 1.60 bits per heavy atom. The molecule has 0 spiro atoms. The first-order valence-electron chi connectivity index (χ1n) is 10.4. The molecular formula is C23H30N4O3. The lowest BCUT2D eigenvalue weighted by Crippen LogP contribution is -2.55. The predicted molar refractivity (Wildman–Crippen MR) is 116 cm³/mol. The van der Waals surface area contributed by atoms with Gasteiger partial charge in [-0.15, -0.1) is 0 Å². The predicted octanol–water partition coefficient (Wildman–Crippen LogP) is 2.34. The molecule has 0 saturated carbocycles. The minimum absolute atomic E-state index is 0.100. The molecule has 2 unspecified atom stereocenters. The van der Waals surface area contributed by atoms with E-state index in [9.17, 15) is 4.79 Å². The molecule has 7 heteroatoms. The molecule has 2 fully saturated rings. The molecule has 2 heterocycles. The van der Waals surface area contributed by atoms with Crippen LogP contribution in [-0.4, -0.2) is 62.3 Å². The van der Waals surface area contributed by atoms with Crippen LogP contribution in [0.25, 0.3) is 0 Å². The number of nitrogens with one attached hydrogen (secondary N) is 2. The Balaban J connectivity index is 1.32. The SMILES string of the molecule is COc1ccc(C2CC(N3CCN(C(=O)c4ccc(OC)cc4C)CC3)NN2)cc1. The van der Waals surface area contributed by atoms with Crippen molar-refractivity contribution in [2.45, 2.75) is 25.6 Å². The Bertz CT molecular complexity index is 879. The number of hydrazine groups is 1. The van der Waals surface area contributed by atoms with Gasteiger partial charge in [0.15, 0.2) is 0 Å². The van der Waals surface area contributed by atoms with E-state index in [1.54, 1.807) is 14.2 Å². The van der Waals surface area contributed by atoms with Crippen LogP contribution in [0.5, 0.6) is 11.5 Å². The van der Waals surface area contributed by atoms with Gasteiger partial charge in [-0.2, -0.15) is 0 Å². The van der Waals surface area contributed by atoms with Crippen LogP contribution in [0.15, 0.2) is 42.5 Å². The van der Waals surface area contributed by atoms with Gasteiger partial charge in [-0.05, 0) is 54.8 Å². The van der Waals surface area contributed by atoms with Gasteiger partial charge in [0.05, 0.1) is 20.4 Å². The molecule has 2 aromatic rings. The number of methoxy groups -OCH3 is 2. The zero-order valence-electron chi connectivity index (χ0n) is 17.9. The number of hydrogen-bond acceptors (Lipinski definition) is 6. The first-order valence-corrected chi connectivity index (χ1v) is 10.4. The van der Waals surface area contributed by atoms with Gasteiger partial charge in [0.2, 0.25) is 0 Å². The summed E-state index contributed by atoms with van der Waals surface area (Å²) in [7, 11) is 3.32. The maximum absolute atomic E-state index is 13.0. The third kappa shape index (κ3) is 4.28. The van der Waals surface area contributed by atoms with Gasteiger partial charge in [-0.25, -0.2) is 10.9 Å². The van der Waals surface area contributed by atoms with Crippen molar-refractivity contribution in [1.29, 1.82) is 0 Å². The van der Waals surface area contributed by atoms with Crippen molar-refractivity contribution in [2.24, 2.45) is 0 Å². The number of carbonyl (C=O) groups excluding carboxylic acids is 1. The summed E-state index contributed by atoms with van der Waals surface area (Å²) in [5, 5.41) is 0. The van der Waals surface area contributed by atoms with E-state index in [-0.39, 0.29) is 18.1 Å². The van der Waals surface area contributed by atoms with Crippen LogP contribution in [0.4, 0.5) is 0 Å². The Hall–Kier alpha value is -2.61. The molecule has 1 amide bonds. The quantitative estimate of drug-likeness (QED) is 0.789. The Labute approximate surface area is 177 Å². The smallest absolute Gasteiger partial charge is 0.254 e. The van der Waals surface area contributed by atoms with Gasteiger partial charge in [-0.1, -0.05) is 12.1 Å². The Morgan fingerprint density at radius 1 is 0.933 bits per heavy atom. The second-order valence-electron chi connectivity index (χ2n) is 7.87. The van der Waals surface area contributed by atoms with Gasteiger partial charge in [0, 0.05) is 37.8 Å². The fourth-order valence-electron chi connectivity index (χ4n) is 4.24. The molecule has 2 saturated heterocycles. The molecule has 4 rings (SSSR count). The average molecular weight is 411 g/mol. The molecule has 2 aromatic carbocycles. The maximum Gasteiger partial charge on any atom is 0.254 e. The lowest BCUT2D eigenvalue weighted by molar-refractivity contribution is 0.0544. The van der Waals surface area contributed by atoms with Gasteiger partial charge < -0.3 is 14.4 Å². The van der Waals surface area contributed by atoms with Crippen LogP contribution in [0, 0.1) is 6.92 Å². The van der Waals surface area contributed by atoms with Crippen LogP contribution >= 0.6 is 0 Å². The summed E-state index contributed by atoms with van der Waals surface area (Å²) >= 11 is 0. The maximum atomic E-state index is 13.0. The summed E-state index contributed by atoms with van der Waals surface area (Å²) in [4.78, 5) is 17.3. The van der Waals surface area contributed by atoms with Crippen molar-refractivity contribution in [3.8, 4) is 11.5 Å². The van der Waals surface area contributed by atoms with Crippen LogP contribution < -0.4 is 20.3 Å². The molecule has 0 radical (unpaired) electrons. The van der Waals surface area contributed by atoms with E-state index in [0.29, 0.717) is 0 Å². The van der Waals surface area contributed by atoms with Crippen molar-refractivity contribution < 1.29 is 14.3 Å². The molecular weight excluding hydrogens is 380 g/mol. The van der Waals surface area contributed by atoms with Crippen LogP contribution in [0.3, 0.4) is 0 Å². The topological polar surface area (TPSA) is 66.1 Å². The number of benzene rings is 2. The van der Waals surface area contributed by atoms with Gasteiger partial charge in [-0.3, -0.25) is 9.69 Å². The summed E-state index contributed by atoms with van der Waals surface area (Å²) in [5.41, 5.74) is 9.79. The number of carbonyl (C=O) groups is 1.